The molecule has 1 aromatic heterocycles. The van der Waals surface area contributed by atoms with E-state index in [2.05, 4.69) is 67.9 Å². The van der Waals surface area contributed by atoms with E-state index in [4.69, 9.17) is 5.73 Å². The lowest BCUT2D eigenvalue weighted by Crippen LogP contribution is -1.97. The Kier molecular flexibility index (Phi) is 4.03. The number of halogens is 2. The maximum atomic E-state index is 6.23. The molecule has 0 aliphatic heterocycles. The van der Waals surface area contributed by atoms with Crippen molar-refractivity contribution >= 4 is 44.3 Å². The van der Waals surface area contributed by atoms with Crippen LogP contribution in [-0.4, -0.2) is 9.78 Å². The van der Waals surface area contributed by atoms with Crippen LogP contribution in [0.15, 0.2) is 53.0 Å². The van der Waals surface area contributed by atoms with E-state index in [9.17, 15) is 0 Å². The number of hydrogen-bond donors (Lipinski definition) is 1. The smallest absolute Gasteiger partial charge is 0.129 e. The van der Waals surface area contributed by atoms with E-state index in [-0.39, 0.29) is 0 Å². The third kappa shape index (κ3) is 2.85. The van der Waals surface area contributed by atoms with Crippen LogP contribution in [0, 0.1) is 3.57 Å². The van der Waals surface area contributed by atoms with E-state index in [1.54, 1.807) is 4.68 Å². The Morgan fingerprint density at radius 2 is 1.57 bits per heavy atom. The fourth-order valence-electron chi connectivity index (χ4n) is 2.25. The van der Waals surface area contributed by atoms with Gasteiger partial charge in [-0.2, -0.15) is 5.10 Å². The molecule has 0 aliphatic rings. The summed E-state index contributed by atoms with van der Waals surface area (Å²) in [6.45, 7) is 0. The van der Waals surface area contributed by atoms with E-state index >= 15 is 0 Å². The van der Waals surface area contributed by atoms with Crippen molar-refractivity contribution in [3.63, 3.8) is 0 Å². The predicted octanol–water partition coefficient (Wildman–Crippen LogP) is 4.70. The number of aromatic nitrogens is 2. The maximum absolute atomic E-state index is 6.23. The second-order valence-corrected chi connectivity index (χ2v) is 6.91. The van der Waals surface area contributed by atoms with Crippen molar-refractivity contribution in [1.29, 1.82) is 0 Å². The average Bonchev–Trinajstić information content (AvgIpc) is 2.77. The molecule has 0 unspecified atom stereocenters. The molecule has 3 nitrogen and oxygen atoms in total. The lowest BCUT2D eigenvalue weighted by Gasteiger charge is -2.05. The van der Waals surface area contributed by atoms with Crippen LogP contribution in [-0.2, 0) is 7.05 Å². The van der Waals surface area contributed by atoms with Gasteiger partial charge < -0.3 is 5.73 Å². The van der Waals surface area contributed by atoms with Gasteiger partial charge in [-0.25, -0.2) is 0 Å². The minimum absolute atomic E-state index is 0.672. The molecule has 3 rings (SSSR count). The molecule has 0 aliphatic carbocycles. The quantitative estimate of drug-likeness (QED) is 0.571. The second kappa shape index (κ2) is 5.81. The highest BCUT2D eigenvalue weighted by Crippen LogP contribution is 2.36. The third-order valence-corrected chi connectivity index (χ3v) is 4.59. The topological polar surface area (TPSA) is 43.8 Å². The van der Waals surface area contributed by atoms with Gasteiger partial charge in [-0.1, -0.05) is 40.2 Å². The van der Waals surface area contributed by atoms with Crippen molar-refractivity contribution in [2.24, 2.45) is 7.05 Å². The number of nitrogens with zero attached hydrogens (tertiary/aromatic N) is 2. The molecular weight excluding hydrogens is 441 g/mol. The fraction of sp³-hybridized carbons (Fsp3) is 0.0625. The van der Waals surface area contributed by atoms with Gasteiger partial charge >= 0.3 is 0 Å². The van der Waals surface area contributed by atoms with Crippen LogP contribution in [0.3, 0.4) is 0 Å². The van der Waals surface area contributed by atoms with Gasteiger partial charge in [-0.05, 0) is 52.4 Å². The van der Waals surface area contributed by atoms with Crippen LogP contribution < -0.4 is 5.73 Å². The monoisotopic (exact) mass is 453 g/mol. The van der Waals surface area contributed by atoms with E-state index < -0.39 is 0 Å². The summed E-state index contributed by atoms with van der Waals surface area (Å²) in [5, 5.41) is 4.59. The first-order valence-electron chi connectivity index (χ1n) is 6.40. The minimum Gasteiger partial charge on any atom is -0.383 e. The molecular formula is C16H13BrIN3. The number of aryl methyl sites for hydroxylation is 1. The number of benzene rings is 2. The highest BCUT2D eigenvalue weighted by molar-refractivity contribution is 14.1. The molecule has 21 heavy (non-hydrogen) atoms. The summed E-state index contributed by atoms with van der Waals surface area (Å²) in [7, 11) is 1.87. The van der Waals surface area contributed by atoms with Crippen molar-refractivity contribution in [1.82, 2.24) is 9.78 Å². The Morgan fingerprint density at radius 1 is 1.00 bits per heavy atom. The van der Waals surface area contributed by atoms with Gasteiger partial charge in [0.05, 0.1) is 5.56 Å². The minimum atomic E-state index is 0.672. The molecule has 0 radical (unpaired) electrons. The van der Waals surface area contributed by atoms with Crippen molar-refractivity contribution < 1.29 is 0 Å². The van der Waals surface area contributed by atoms with Gasteiger partial charge in [-0.15, -0.1) is 0 Å². The highest BCUT2D eigenvalue weighted by Gasteiger charge is 2.17. The average molecular weight is 454 g/mol. The molecule has 5 heteroatoms. The van der Waals surface area contributed by atoms with Gasteiger partial charge in [0.15, 0.2) is 0 Å². The summed E-state index contributed by atoms with van der Waals surface area (Å²) >= 11 is 5.76. The van der Waals surface area contributed by atoms with Crippen molar-refractivity contribution in [2.75, 3.05) is 5.73 Å². The van der Waals surface area contributed by atoms with Crippen LogP contribution in [0.25, 0.3) is 22.4 Å². The lowest BCUT2D eigenvalue weighted by molar-refractivity contribution is 0.782. The van der Waals surface area contributed by atoms with Gasteiger partial charge in [0, 0.05) is 20.7 Å². The first-order chi connectivity index (χ1) is 10.1. The molecule has 1 heterocycles. The molecule has 0 fully saturated rings. The number of hydrogen-bond acceptors (Lipinski definition) is 2. The number of anilines is 1. The summed E-state index contributed by atoms with van der Waals surface area (Å²) in [4.78, 5) is 0. The van der Waals surface area contributed by atoms with Gasteiger partial charge in [0.25, 0.3) is 0 Å². The molecule has 0 atom stereocenters. The van der Waals surface area contributed by atoms with Gasteiger partial charge in [0.2, 0.25) is 0 Å². The zero-order valence-corrected chi connectivity index (χ0v) is 15.1. The third-order valence-electron chi connectivity index (χ3n) is 3.34. The van der Waals surface area contributed by atoms with E-state index in [1.807, 2.05) is 31.3 Å². The summed E-state index contributed by atoms with van der Waals surface area (Å²) in [6, 6.07) is 16.4. The number of nitrogens with two attached hydrogens (primary N) is 1. The summed E-state index contributed by atoms with van der Waals surface area (Å²) in [6.07, 6.45) is 0. The van der Waals surface area contributed by atoms with Gasteiger partial charge in [0.1, 0.15) is 11.5 Å². The molecule has 0 saturated heterocycles. The van der Waals surface area contributed by atoms with Gasteiger partial charge in [-0.3, -0.25) is 4.68 Å². The molecule has 106 valence electrons. The number of rotatable bonds is 2. The van der Waals surface area contributed by atoms with Crippen LogP contribution in [0.4, 0.5) is 5.82 Å². The molecule has 2 N–H and O–H groups in total. The standard InChI is InChI=1S/C16H13BrIN3/c1-21-16(19)14(10-2-6-12(17)7-3-10)15(20-21)11-4-8-13(18)9-5-11/h2-9H,19H2,1H3. The van der Waals surface area contributed by atoms with E-state index in [0.29, 0.717) is 5.82 Å². The second-order valence-electron chi connectivity index (χ2n) is 4.75. The Bertz CT molecular complexity index is 777. The van der Waals surface area contributed by atoms with Crippen molar-refractivity contribution in [3.05, 3.63) is 56.6 Å². The molecule has 0 amide bonds. The largest absolute Gasteiger partial charge is 0.383 e. The Balaban J connectivity index is 2.20. The summed E-state index contributed by atoms with van der Waals surface area (Å²) in [5.74, 6) is 0.672. The van der Waals surface area contributed by atoms with Crippen LogP contribution in [0.2, 0.25) is 0 Å². The zero-order valence-electron chi connectivity index (χ0n) is 11.3. The fourth-order valence-corrected chi connectivity index (χ4v) is 2.87. The van der Waals surface area contributed by atoms with E-state index in [1.165, 1.54) is 3.57 Å². The Labute approximate surface area is 145 Å². The number of nitrogen functional groups attached to an aromatic ring is 1. The Morgan fingerprint density at radius 3 is 2.19 bits per heavy atom. The first-order valence-corrected chi connectivity index (χ1v) is 8.28. The first kappa shape index (κ1) is 14.6. The highest BCUT2D eigenvalue weighted by atomic mass is 127. The van der Waals surface area contributed by atoms with Crippen LogP contribution >= 0.6 is 38.5 Å². The van der Waals surface area contributed by atoms with Crippen LogP contribution in [0.1, 0.15) is 0 Å². The summed E-state index contributed by atoms with van der Waals surface area (Å²) < 4.78 is 3.97. The molecule has 0 bridgehead atoms. The molecule has 3 aromatic rings. The lowest BCUT2D eigenvalue weighted by atomic mass is 10.0. The van der Waals surface area contributed by atoms with E-state index in [0.717, 1.165) is 26.9 Å². The van der Waals surface area contributed by atoms with Crippen molar-refractivity contribution in [2.45, 2.75) is 0 Å². The Hall–Kier alpha value is -1.34. The maximum Gasteiger partial charge on any atom is 0.129 e. The SMILES string of the molecule is Cn1nc(-c2ccc(I)cc2)c(-c2ccc(Br)cc2)c1N. The van der Waals surface area contributed by atoms with Crippen molar-refractivity contribution in [3.8, 4) is 22.4 Å². The molecule has 0 spiro atoms. The zero-order chi connectivity index (χ0) is 15.0. The molecule has 0 saturated carbocycles. The summed E-state index contributed by atoms with van der Waals surface area (Å²) in [5.41, 5.74) is 10.3. The predicted molar refractivity (Wildman–Crippen MR) is 98.9 cm³/mol. The van der Waals surface area contributed by atoms with Crippen LogP contribution in [0.5, 0.6) is 0 Å². The normalized spacial score (nSPS) is 10.8. The molecule has 2 aromatic carbocycles.